The highest BCUT2D eigenvalue weighted by Crippen LogP contribution is 2.11. The summed E-state index contributed by atoms with van der Waals surface area (Å²) in [6.07, 6.45) is 0. The normalized spacial score (nSPS) is 16.4. The number of carbonyl (C=O) groups excluding carboxylic acids is 1. The Kier molecular flexibility index (Phi) is 2.87. The first-order valence-electron chi connectivity index (χ1n) is 5.06. The molecule has 0 unspecified atom stereocenters. The van der Waals surface area contributed by atoms with Crippen LogP contribution < -0.4 is 5.32 Å². The Morgan fingerprint density at radius 3 is 2.40 bits per heavy atom. The maximum atomic E-state index is 11.9. The monoisotopic (exact) mass is 206 g/mol. The molecule has 4 heteroatoms. The second kappa shape index (κ2) is 4.31. The number of nitrogens with zero attached hydrogens (tertiary/aromatic N) is 1. The highest BCUT2D eigenvalue weighted by molar-refractivity contribution is 5.94. The molecule has 1 aromatic carbocycles. The third-order valence-electron chi connectivity index (χ3n) is 2.52. The summed E-state index contributed by atoms with van der Waals surface area (Å²) in [6, 6.07) is 6.38. The molecular weight excluding hydrogens is 192 g/mol. The fraction of sp³-hybridized carbons (Fsp3) is 0.364. The molecule has 1 fully saturated rings. The number of aromatic hydroxyl groups is 1. The Morgan fingerprint density at radius 1 is 1.20 bits per heavy atom. The van der Waals surface area contributed by atoms with Crippen LogP contribution in [0.2, 0.25) is 0 Å². The molecule has 1 amide bonds. The van der Waals surface area contributed by atoms with Gasteiger partial charge in [0.05, 0.1) is 0 Å². The van der Waals surface area contributed by atoms with Gasteiger partial charge in [0.15, 0.2) is 0 Å². The van der Waals surface area contributed by atoms with Gasteiger partial charge in [-0.05, 0) is 24.3 Å². The van der Waals surface area contributed by atoms with E-state index in [0.717, 1.165) is 26.2 Å². The average Bonchev–Trinajstić information content (AvgIpc) is 2.30. The van der Waals surface area contributed by atoms with Gasteiger partial charge in [-0.1, -0.05) is 0 Å². The fourth-order valence-electron chi connectivity index (χ4n) is 1.65. The first-order valence-corrected chi connectivity index (χ1v) is 5.06. The van der Waals surface area contributed by atoms with Crippen LogP contribution in [-0.4, -0.2) is 42.1 Å². The Hall–Kier alpha value is -1.55. The number of phenols is 1. The van der Waals surface area contributed by atoms with E-state index in [2.05, 4.69) is 5.32 Å². The summed E-state index contributed by atoms with van der Waals surface area (Å²) < 4.78 is 0. The number of nitrogens with one attached hydrogen (secondary N) is 1. The van der Waals surface area contributed by atoms with Gasteiger partial charge in [-0.3, -0.25) is 4.79 Å². The molecule has 2 rings (SSSR count). The van der Waals surface area contributed by atoms with Crippen molar-refractivity contribution in [3.05, 3.63) is 29.8 Å². The lowest BCUT2D eigenvalue weighted by Gasteiger charge is -2.27. The Labute approximate surface area is 88.5 Å². The minimum absolute atomic E-state index is 0.0384. The predicted octanol–water partition coefficient (Wildman–Crippen LogP) is 0.438. The molecule has 1 heterocycles. The molecule has 0 saturated carbocycles. The summed E-state index contributed by atoms with van der Waals surface area (Å²) in [6.45, 7) is 3.20. The molecule has 1 aromatic rings. The van der Waals surface area contributed by atoms with Gasteiger partial charge in [-0.25, -0.2) is 0 Å². The molecule has 0 bridgehead atoms. The standard InChI is InChI=1S/C11H14N2O2/c14-10-3-1-9(2-4-10)11(15)13-7-5-12-6-8-13/h1-4,12,14H,5-8H2. The minimum atomic E-state index is 0.0384. The summed E-state index contributed by atoms with van der Waals surface area (Å²) in [4.78, 5) is 13.7. The zero-order valence-corrected chi connectivity index (χ0v) is 8.44. The second-order valence-electron chi connectivity index (χ2n) is 3.59. The van der Waals surface area contributed by atoms with Crippen molar-refractivity contribution in [2.24, 2.45) is 0 Å². The topological polar surface area (TPSA) is 52.6 Å². The molecular formula is C11H14N2O2. The van der Waals surface area contributed by atoms with E-state index >= 15 is 0 Å². The lowest BCUT2D eigenvalue weighted by molar-refractivity contribution is 0.0736. The first-order chi connectivity index (χ1) is 7.27. The lowest BCUT2D eigenvalue weighted by atomic mass is 10.2. The van der Waals surface area contributed by atoms with E-state index in [-0.39, 0.29) is 11.7 Å². The fourth-order valence-corrected chi connectivity index (χ4v) is 1.65. The molecule has 2 N–H and O–H groups in total. The van der Waals surface area contributed by atoms with Crippen LogP contribution >= 0.6 is 0 Å². The third kappa shape index (κ3) is 2.27. The highest BCUT2D eigenvalue weighted by atomic mass is 16.3. The van der Waals surface area contributed by atoms with Crippen molar-refractivity contribution in [2.45, 2.75) is 0 Å². The van der Waals surface area contributed by atoms with Gasteiger partial charge in [-0.15, -0.1) is 0 Å². The quantitative estimate of drug-likeness (QED) is 0.701. The number of rotatable bonds is 1. The smallest absolute Gasteiger partial charge is 0.253 e. The molecule has 0 radical (unpaired) electrons. The summed E-state index contributed by atoms with van der Waals surface area (Å²) >= 11 is 0. The van der Waals surface area contributed by atoms with Crippen molar-refractivity contribution in [3.8, 4) is 5.75 Å². The molecule has 80 valence electrons. The molecule has 0 aromatic heterocycles. The Morgan fingerprint density at radius 2 is 1.80 bits per heavy atom. The van der Waals surface area contributed by atoms with Crippen LogP contribution in [0.25, 0.3) is 0 Å². The number of benzene rings is 1. The van der Waals surface area contributed by atoms with Crippen molar-refractivity contribution < 1.29 is 9.90 Å². The summed E-state index contributed by atoms with van der Waals surface area (Å²) in [5, 5.41) is 12.3. The largest absolute Gasteiger partial charge is 0.508 e. The Balaban J connectivity index is 2.09. The molecule has 4 nitrogen and oxygen atoms in total. The van der Waals surface area contributed by atoms with Crippen LogP contribution in [0.4, 0.5) is 0 Å². The van der Waals surface area contributed by atoms with Gasteiger partial charge in [-0.2, -0.15) is 0 Å². The van der Waals surface area contributed by atoms with Crippen molar-refractivity contribution >= 4 is 5.91 Å². The lowest BCUT2D eigenvalue weighted by Crippen LogP contribution is -2.46. The van der Waals surface area contributed by atoms with E-state index < -0.39 is 0 Å². The Bertz CT molecular complexity index is 342. The van der Waals surface area contributed by atoms with Crippen LogP contribution in [-0.2, 0) is 0 Å². The van der Waals surface area contributed by atoms with Crippen LogP contribution in [0.15, 0.2) is 24.3 Å². The number of hydrogen-bond donors (Lipinski definition) is 2. The SMILES string of the molecule is O=C(c1ccc(O)cc1)N1CCNCC1. The van der Waals surface area contributed by atoms with E-state index in [9.17, 15) is 4.79 Å². The van der Waals surface area contributed by atoms with Crippen LogP contribution in [0.1, 0.15) is 10.4 Å². The van der Waals surface area contributed by atoms with Gasteiger partial charge in [0.1, 0.15) is 5.75 Å². The summed E-state index contributed by atoms with van der Waals surface area (Å²) in [5.74, 6) is 0.225. The van der Waals surface area contributed by atoms with Crippen molar-refractivity contribution in [1.82, 2.24) is 10.2 Å². The zero-order chi connectivity index (χ0) is 10.7. The molecule has 1 aliphatic rings. The first kappa shape index (κ1) is 9.98. The van der Waals surface area contributed by atoms with Gasteiger partial charge in [0.25, 0.3) is 5.91 Å². The number of carbonyl (C=O) groups is 1. The van der Waals surface area contributed by atoms with Crippen molar-refractivity contribution in [1.29, 1.82) is 0 Å². The van der Waals surface area contributed by atoms with Gasteiger partial charge in [0.2, 0.25) is 0 Å². The van der Waals surface area contributed by atoms with E-state index in [1.807, 2.05) is 4.90 Å². The van der Waals surface area contributed by atoms with Gasteiger partial charge >= 0.3 is 0 Å². The van der Waals surface area contributed by atoms with E-state index in [1.54, 1.807) is 12.1 Å². The number of piperazine rings is 1. The maximum Gasteiger partial charge on any atom is 0.253 e. The van der Waals surface area contributed by atoms with E-state index in [4.69, 9.17) is 5.11 Å². The van der Waals surface area contributed by atoms with Crippen molar-refractivity contribution in [3.63, 3.8) is 0 Å². The third-order valence-corrected chi connectivity index (χ3v) is 2.52. The van der Waals surface area contributed by atoms with Crippen LogP contribution in [0, 0.1) is 0 Å². The van der Waals surface area contributed by atoms with Crippen LogP contribution in [0.3, 0.4) is 0 Å². The molecule has 0 atom stereocenters. The van der Waals surface area contributed by atoms with Gasteiger partial charge in [0, 0.05) is 31.7 Å². The molecule has 1 aliphatic heterocycles. The summed E-state index contributed by atoms with van der Waals surface area (Å²) in [7, 11) is 0. The number of amides is 1. The predicted molar refractivity (Wildman–Crippen MR) is 56.9 cm³/mol. The molecule has 0 spiro atoms. The number of phenolic OH excluding ortho intramolecular Hbond substituents is 1. The zero-order valence-electron chi connectivity index (χ0n) is 8.44. The van der Waals surface area contributed by atoms with Crippen molar-refractivity contribution in [2.75, 3.05) is 26.2 Å². The maximum absolute atomic E-state index is 11.9. The molecule has 1 saturated heterocycles. The van der Waals surface area contributed by atoms with Crippen LogP contribution in [0.5, 0.6) is 5.75 Å². The van der Waals surface area contributed by atoms with E-state index in [0.29, 0.717) is 5.56 Å². The van der Waals surface area contributed by atoms with Gasteiger partial charge < -0.3 is 15.3 Å². The highest BCUT2D eigenvalue weighted by Gasteiger charge is 2.17. The second-order valence-corrected chi connectivity index (χ2v) is 3.59. The number of hydrogen-bond acceptors (Lipinski definition) is 3. The molecule has 0 aliphatic carbocycles. The molecule has 15 heavy (non-hydrogen) atoms. The minimum Gasteiger partial charge on any atom is -0.508 e. The van der Waals surface area contributed by atoms with E-state index in [1.165, 1.54) is 12.1 Å². The summed E-state index contributed by atoms with van der Waals surface area (Å²) in [5.41, 5.74) is 0.634. The average molecular weight is 206 g/mol.